The molecule has 0 bridgehead atoms. The Morgan fingerprint density at radius 3 is 2.50 bits per heavy atom. The fourth-order valence-electron chi connectivity index (χ4n) is 1.77. The number of nitrogens with one attached hydrogen (secondary N) is 2. The van der Waals surface area contributed by atoms with E-state index in [1.165, 1.54) is 0 Å². The van der Waals surface area contributed by atoms with Crippen molar-refractivity contribution in [3.8, 4) is 0 Å². The zero-order chi connectivity index (χ0) is 18.2. The molecule has 0 spiro atoms. The zero-order valence-corrected chi connectivity index (χ0v) is 15.2. The minimum absolute atomic E-state index is 0.0709. The summed E-state index contributed by atoms with van der Waals surface area (Å²) in [6, 6.07) is 0. The second kappa shape index (κ2) is 15.3. The van der Waals surface area contributed by atoms with Crippen molar-refractivity contribution < 1.29 is 23.5 Å². The van der Waals surface area contributed by atoms with Gasteiger partial charge in [0.1, 0.15) is 12.8 Å². The number of hydrogen-bond acceptors (Lipinski definition) is 4. The molecule has 0 aliphatic heterocycles. The largest absolute Gasteiger partial charge is 0.380 e. The predicted molar refractivity (Wildman–Crippen MR) is 91.6 cm³/mol. The van der Waals surface area contributed by atoms with Crippen molar-refractivity contribution in [2.75, 3.05) is 32.9 Å². The van der Waals surface area contributed by atoms with Crippen molar-refractivity contribution in [2.24, 2.45) is 0 Å². The summed E-state index contributed by atoms with van der Waals surface area (Å²) in [5.74, 6) is -0.272. The van der Waals surface area contributed by atoms with E-state index < -0.39 is 6.17 Å². The second-order valence-electron chi connectivity index (χ2n) is 5.74. The van der Waals surface area contributed by atoms with E-state index in [2.05, 4.69) is 10.6 Å². The number of unbranched alkanes of at least 4 members (excludes halogenated alkanes) is 1. The average Bonchev–Trinajstić information content (AvgIpc) is 2.59. The van der Waals surface area contributed by atoms with Crippen molar-refractivity contribution in [3.63, 3.8) is 0 Å². The van der Waals surface area contributed by atoms with E-state index in [1.54, 1.807) is 6.92 Å². The van der Waals surface area contributed by atoms with Crippen LogP contribution in [0.25, 0.3) is 0 Å². The first-order chi connectivity index (χ1) is 11.5. The smallest absolute Gasteiger partial charge is 0.246 e. The van der Waals surface area contributed by atoms with E-state index in [0.29, 0.717) is 39.0 Å². The number of halogens is 1. The molecule has 24 heavy (non-hydrogen) atoms. The maximum atomic E-state index is 13.5. The van der Waals surface area contributed by atoms with Gasteiger partial charge in [-0.25, -0.2) is 4.39 Å². The van der Waals surface area contributed by atoms with Crippen molar-refractivity contribution in [1.82, 2.24) is 10.6 Å². The molecule has 2 N–H and O–H groups in total. The van der Waals surface area contributed by atoms with Crippen LogP contribution in [0.1, 0.15) is 52.9 Å². The van der Waals surface area contributed by atoms with Gasteiger partial charge in [-0.15, -0.1) is 0 Å². The predicted octanol–water partition coefficient (Wildman–Crippen LogP) is 1.97. The van der Waals surface area contributed by atoms with Crippen LogP contribution in [0.2, 0.25) is 0 Å². The maximum absolute atomic E-state index is 13.5. The number of rotatable bonds is 15. The lowest BCUT2D eigenvalue weighted by atomic mass is 10.2. The zero-order valence-electron chi connectivity index (χ0n) is 15.2. The van der Waals surface area contributed by atoms with Crippen molar-refractivity contribution in [3.05, 3.63) is 0 Å². The first-order valence-electron chi connectivity index (χ1n) is 8.86. The van der Waals surface area contributed by atoms with Gasteiger partial charge in [-0.2, -0.15) is 0 Å². The second-order valence-corrected chi connectivity index (χ2v) is 5.74. The van der Waals surface area contributed by atoms with Gasteiger partial charge in [-0.3, -0.25) is 9.59 Å². The van der Waals surface area contributed by atoms with Gasteiger partial charge in [0, 0.05) is 26.1 Å². The van der Waals surface area contributed by atoms with Crippen LogP contribution in [0.5, 0.6) is 0 Å². The van der Waals surface area contributed by atoms with Crippen LogP contribution >= 0.6 is 0 Å². The molecule has 7 heteroatoms. The third kappa shape index (κ3) is 14.4. The SMILES string of the molecule is CCC(=O)NCC(F)CCCCOCCNC(=O)COC(C)CC. The first kappa shape index (κ1) is 22.8. The summed E-state index contributed by atoms with van der Waals surface area (Å²) < 4.78 is 24.2. The quantitative estimate of drug-likeness (QED) is 0.444. The highest BCUT2D eigenvalue weighted by Gasteiger charge is 2.07. The number of carbonyl (C=O) groups excluding carboxylic acids is 2. The maximum Gasteiger partial charge on any atom is 0.246 e. The monoisotopic (exact) mass is 348 g/mol. The van der Waals surface area contributed by atoms with Gasteiger partial charge in [0.25, 0.3) is 0 Å². The third-order valence-corrected chi connectivity index (χ3v) is 3.54. The minimum atomic E-state index is -1.01. The summed E-state index contributed by atoms with van der Waals surface area (Å²) in [4.78, 5) is 22.4. The molecule has 0 radical (unpaired) electrons. The summed E-state index contributed by atoms with van der Waals surface area (Å²) in [5.41, 5.74) is 0. The number of carbonyl (C=O) groups is 2. The molecule has 0 rings (SSSR count). The van der Waals surface area contributed by atoms with Crippen LogP contribution < -0.4 is 10.6 Å². The lowest BCUT2D eigenvalue weighted by Gasteiger charge is -2.11. The number of alkyl halides is 1. The molecule has 0 aromatic heterocycles. The van der Waals surface area contributed by atoms with E-state index >= 15 is 0 Å². The van der Waals surface area contributed by atoms with Crippen LogP contribution in [-0.2, 0) is 19.1 Å². The van der Waals surface area contributed by atoms with E-state index in [4.69, 9.17) is 9.47 Å². The Kier molecular flexibility index (Phi) is 14.6. The summed E-state index contributed by atoms with van der Waals surface area (Å²) in [5, 5.41) is 5.25. The van der Waals surface area contributed by atoms with Crippen LogP contribution in [0, 0.1) is 0 Å². The van der Waals surface area contributed by atoms with Crippen molar-refractivity contribution in [1.29, 1.82) is 0 Å². The Balaban J connectivity index is 3.36. The van der Waals surface area contributed by atoms with Crippen molar-refractivity contribution in [2.45, 2.75) is 65.2 Å². The van der Waals surface area contributed by atoms with E-state index in [0.717, 1.165) is 12.8 Å². The summed E-state index contributed by atoms with van der Waals surface area (Å²) in [7, 11) is 0. The fourth-order valence-corrected chi connectivity index (χ4v) is 1.77. The van der Waals surface area contributed by atoms with Gasteiger partial charge in [0.2, 0.25) is 11.8 Å². The van der Waals surface area contributed by atoms with Crippen molar-refractivity contribution >= 4 is 11.8 Å². The molecular formula is C17H33FN2O4. The minimum Gasteiger partial charge on any atom is -0.380 e. The number of amides is 2. The van der Waals surface area contributed by atoms with Gasteiger partial charge in [-0.05, 0) is 32.6 Å². The molecule has 2 atom stereocenters. The Morgan fingerprint density at radius 2 is 1.83 bits per heavy atom. The van der Waals surface area contributed by atoms with E-state index in [1.807, 2.05) is 13.8 Å². The molecule has 0 saturated carbocycles. The Bertz CT molecular complexity index is 343. The first-order valence-corrected chi connectivity index (χ1v) is 8.86. The average molecular weight is 348 g/mol. The Labute approximate surface area is 144 Å². The summed E-state index contributed by atoms with van der Waals surface area (Å²) >= 11 is 0. The van der Waals surface area contributed by atoms with Gasteiger partial charge >= 0.3 is 0 Å². The molecule has 6 nitrogen and oxygen atoms in total. The van der Waals surface area contributed by atoms with Crippen LogP contribution in [0.15, 0.2) is 0 Å². The molecule has 0 saturated heterocycles. The Morgan fingerprint density at radius 1 is 1.08 bits per heavy atom. The fraction of sp³-hybridized carbons (Fsp3) is 0.882. The molecule has 0 aromatic rings. The highest BCUT2D eigenvalue weighted by molar-refractivity contribution is 5.77. The van der Waals surface area contributed by atoms with Crippen LogP contribution in [-0.4, -0.2) is 57.0 Å². The molecule has 2 unspecified atom stereocenters. The lowest BCUT2D eigenvalue weighted by Crippen LogP contribution is -2.31. The molecule has 0 aliphatic carbocycles. The molecule has 2 amide bonds. The van der Waals surface area contributed by atoms with E-state index in [-0.39, 0.29) is 31.1 Å². The third-order valence-electron chi connectivity index (χ3n) is 3.54. The van der Waals surface area contributed by atoms with Gasteiger partial charge in [0.15, 0.2) is 0 Å². The number of ether oxygens (including phenoxy) is 2. The molecule has 0 heterocycles. The Hall–Kier alpha value is -1.21. The van der Waals surface area contributed by atoms with E-state index in [9.17, 15) is 14.0 Å². The summed E-state index contributed by atoms with van der Waals surface area (Å²) in [6.45, 7) is 7.23. The number of hydrogen-bond donors (Lipinski definition) is 2. The van der Waals surface area contributed by atoms with Gasteiger partial charge in [-0.1, -0.05) is 13.8 Å². The van der Waals surface area contributed by atoms with Gasteiger partial charge in [0.05, 0.1) is 12.7 Å². The normalized spacial score (nSPS) is 13.3. The highest BCUT2D eigenvalue weighted by Crippen LogP contribution is 2.04. The highest BCUT2D eigenvalue weighted by atomic mass is 19.1. The molecular weight excluding hydrogens is 315 g/mol. The van der Waals surface area contributed by atoms with Crippen LogP contribution in [0.4, 0.5) is 4.39 Å². The molecule has 0 aromatic carbocycles. The molecule has 0 aliphatic rings. The standard InChI is InChI=1S/C17H33FN2O4/c1-4-14(3)24-13-17(22)19-9-11-23-10-7-6-8-15(18)12-20-16(21)5-2/h14-15H,4-13H2,1-3H3,(H,19,22)(H,20,21). The lowest BCUT2D eigenvalue weighted by molar-refractivity contribution is -0.127. The van der Waals surface area contributed by atoms with Crippen LogP contribution in [0.3, 0.4) is 0 Å². The molecule has 0 fully saturated rings. The summed E-state index contributed by atoms with van der Waals surface area (Å²) in [6.07, 6.45) is 2.21. The topological polar surface area (TPSA) is 76.7 Å². The van der Waals surface area contributed by atoms with Gasteiger partial charge < -0.3 is 20.1 Å². The molecule has 142 valence electrons.